The van der Waals surface area contributed by atoms with Gasteiger partial charge >= 0.3 is 16.8 Å². The molecule has 0 aliphatic heterocycles. The molecule has 0 aliphatic carbocycles. The van der Waals surface area contributed by atoms with E-state index in [1.54, 1.807) is 0 Å². The molecular weight excluding hydrogens is 462 g/mol. The van der Waals surface area contributed by atoms with Crippen molar-refractivity contribution in [2.75, 3.05) is 18.4 Å². The summed E-state index contributed by atoms with van der Waals surface area (Å²) in [6.45, 7) is 9.90. The second-order valence-corrected chi connectivity index (χ2v) is 7.05. The van der Waals surface area contributed by atoms with Crippen molar-refractivity contribution < 1.29 is 41.6 Å². The molecule has 0 amide bonds. The van der Waals surface area contributed by atoms with Crippen molar-refractivity contribution in [3.63, 3.8) is 0 Å². The van der Waals surface area contributed by atoms with E-state index in [0.717, 1.165) is 37.6 Å². The number of aromatic nitrogens is 2. The number of anilines is 1. The van der Waals surface area contributed by atoms with E-state index in [1.165, 1.54) is 22.4 Å². The summed E-state index contributed by atoms with van der Waals surface area (Å²) in [5, 5.41) is 3.63. The zero-order chi connectivity index (χ0) is 19.1. The molecule has 1 N–H and O–H groups in total. The number of pyridine rings is 2. The first-order valence-corrected chi connectivity index (χ1v) is 9.46. The Morgan fingerprint density at radius 2 is 1.30 bits per heavy atom. The third kappa shape index (κ3) is 8.62. The van der Waals surface area contributed by atoms with Crippen LogP contribution in [0.5, 0.6) is 0 Å². The van der Waals surface area contributed by atoms with Crippen LogP contribution in [0.2, 0.25) is 0 Å². The van der Waals surface area contributed by atoms with Gasteiger partial charge in [0.1, 0.15) is 0 Å². The fourth-order valence-corrected chi connectivity index (χ4v) is 3.45. The topological polar surface area (TPSA) is 41.0 Å². The summed E-state index contributed by atoms with van der Waals surface area (Å²) >= 11 is 0. The van der Waals surface area contributed by atoms with E-state index in [4.69, 9.17) is 0 Å². The van der Waals surface area contributed by atoms with Crippen LogP contribution in [-0.2, 0) is 29.9 Å². The SMILES string of the molecule is Cc1cc(C)c(NCCN(Cc2ccccn2)Cc2ccccn2)c(C)c1.[Cl-].[Cl-].[Co+2]. The second-order valence-electron chi connectivity index (χ2n) is 7.05. The molecule has 3 aromatic rings. The number of aryl methyl sites for hydroxylation is 3. The number of nitrogens with one attached hydrogen (secondary N) is 1. The van der Waals surface area contributed by atoms with Crippen molar-refractivity contribution in [1.82, 2.24) is 14.9 Å². The van der Waals surface area contributed by atoms with Gasteiger partial charge in [0.2, 0.25) is 0 Å². The maximum Gasteiger partial charge on any atom is 2.00 e. The van der Waals surface area contributed by atoms with Crippen LogP contribution < -0.4 is 30.1 Å². The first kappa shape index (κ1) is 28.4. The maximum atomic E-state index is 4.48. The third-order valence-electron chi connectivity index (χ3n) is 4.63. The first-order chi connectivity index (χ1) is 13.1. The minimum atomic E-state index is 0. The van der Waals surface area contributed by atoms with E-state index >= 15 is 0 Å². The number of hydrogen-bond acceptors (Lipinski definition) is 4. The van der Waals surface area contributed by atoms with Crippen molar-refractivity contribution >= 4 is 5.69 Å². The fourth-order valence-electron chi connectivity index (χ4n) is 3.45. The predicted molar refractivity (Wildman–Crippen MR) is 112 cm³/mol. The van der Waals surface area contributed by atoms with Gasteiger partial charge in [-0.25, -0.2) is 0 Å². The molecule has 163 valence electrons. The van der Waals surface area contributed by atoms with Crippen LogP contribution in [0.1, 0.15) is 28.1 Å². The van der Waals surface area contributed by atoms with E-state index in [9.17, 15) is 0 Å². The Labute approximate surface area is 202 Å². The molecule has 1 radical (unpaired) electrons. The smallest absolute Gasteiger partial charge is 1.00 e. The Morgan fingerprint density at radius 3 is 1.73 bits per heavy atom. The predicted octanol–water partition coefficient (Wildman–Crippen LogP) is -1.48. The summed E-state index contributed by atoms with van der Waals surface area (Å²) in [5.41, 5.74) is 7.31. The molecule has 30 heavy (non-hydrogen) atoms. The summed E-state index contributed by atoms with van der Waals surface area (Å²) in [6, 6.07) is 16.6. The number of hydrogen-bond donors (Lipinski definition) is 1. The molecule has 3 rings (SSSR count). The standard InChI is InChI=1S/C23H28N4.2ClH.Co/c1-18-14-19(2)23(20(3)15-18)26-12-13-27(16-21-8-4-6-10-24-21)17-22-9-5-7-11-25-22;;;/h4-11,14-15,26H,12-13,16-17H2,1-3H3;2*1H;/q;;;+2/p-2. The van der Waals surface area contributed by atoms with Crippen LogP contribution in [0.25, 0.3) is 0 Å². The van der Waals surface area contributed by atoms with Crippen LogP contribution in [0.4, 0.5) is 5.69 Å². The maximum absolute atomic E-state index is 4.48. The van der Waals surface area contributed by atoms with E-state index in [0.29, 0.717) is 0 Å². The number of halogens is 2. The third-order valence-corrected chi connectivity index (χ3v) is 4.63. The van der Waals surface area contributed by atoms with E-state index in [1.807, 2.05) is 36.7 Å². The van der Waals surface area contributed by atoms with Gasteiger partial charge in [0.15, 0.2) is 0 Å². The molecule has 4 nitrogen and oxygen atoms in total. The molecular formula is C23H28Cl2CoN4. The molecule has 0 saturated carbocycles. The van der Waals surface area contributed by atoms with Crippen LogP contribution in [-0.4, -0.2) is 28.0 Å². The van der Waals surface area contributed by atoms with Crippen LogP contribution in [0.15, 0.2) is 60.9 Å². The molecule has 0 unspecified atom stereocenters. The number of rotatable bonds is 8. The molecule has 0 saturated heterocycles. The van der Waals surface area contributed by atoms with Crippen molar-refractivity contribution in [2.24, 2.45) is 0 Å². The molecule has 7 heteroatoms. The molecule has 0 fully saturated rings. The summed E-state index contributed by atoms with van der Waals surface area (Å²) in [6.07, 6.45) is 3.71. The Hall–Kier alpha value is -1.63. The number of nitrogens with zero attached hydrogens (tertiary/aromatic N) is 3. The van der Waals surface area contributed by atoms with Gasteiger partial charge in [-0.1, -0.05) is 29.8 Å². The fraction of sp³-hybridized carbons (Fsp3) is 0.304. The molecule has 2 heterocycles. The van der Waals surface area contributed by atoms with Gasteiger partial charge in [0.05, 0.1) is 11.4 Å². The van der Waals surface area contributed by atoms with Crippen molar-refractivity contribution in [3.8, 4) is 0 Å². The quantitative estimate of drug-likeness (QED) is 0.419. The minimum Gasteiger partial charge on any atom is -1.00 e. The van der Waals surface area contributed by atoms with E-state index in [2.05, 4.69) is 65.2 Å². The molecule has 0 spiro atoms. The van der Waals surface area contributed by atoms with Crippen molar-refractivity contribution in [1.29, 1.82) is 0 Å². The Balaban J connectivity index is 0.00000280. The summed E-state index contributed by atoms with van der Waals surface area (Å²) < 4.78 is 0. The van der Waals surface area contributed by atoms with Crippen molar-refractivity contribution in [3.05, 3.63) is 89.0 Å². The Morgan fingerprint density at radius 1 is 0.800 bits per heavy atom. The first-order valence-electron chi connectivity index (χ1n) is 9.46. The van der Waals surface area contributed by atoms with Gasteiger partial charge in [-0.05, 0) is 56.2 Å². The average Bonchev–Trinajstić information content (AvgIpc) is 2.65. The van der Waals surface area contributed by atoms with Gasteiger partial charge < -0.3 is 30.1 Å². The Kier molecular flexibility index (Phi) is 13.6. The largest absolute Gasteiger partial charge is 2.00 e. The van der Waals surface area contributed by atoms with Gasteiger partial charge in [-0.15, -0.1) is 0 Å². The van der Waals surface area contributed by atoms with Crippen LogP contribution in [0.3, 0.4) is 0 Å². The summed E-state index contributed by atoms with van der Waals surface area (Å²) in [5.74, 6) is 0. The summed E-state index contributed by atoms with van der Waals surface area (Å²) in [7, 11) is 0. The monoisotopic (exact) mass is 489 g/mol. The molecule has 0 atom stereocenters. The van der Waals surface area contributed by atoms with Crippen LogP contribution >= 0.6 is 0 Å². The molecule has 1 aromatic carbocycles. The van der Waals surface area contributed by atoms with Gasteiger partial charge in [0, 0.05) is 44.3 Å². The normalized spacial score (nSPS) is 9.87. The Bertz CT molecular complexity index is 799. The van der Waals surface area contributed by atoms with Gasteiger partial charge in [0.25, 0.3) is 0 Å². The molecule has 0 aliphatic rings. The average molecular weight is 490 g/mol. The summed E-state index contributed by atoms with van der Waals surface area (Å²) in [4.78, 5) is 11.3. The van der Waals surface area contributed by atoms with Crippen molar-refractivity contribution in [2.45, 2.75) is 33.9 Å². The van der Waals surface area contributed by atoms with E-state index in [-0.39, 0.29) is 41.6 Å². The van der Waals surface area contributed by atoms with Gasteiger partial charge in [-0.2, -0.15) is 0 Å². The van der Waals surface area contributed by atoms with Gasteiger partial charge in [-0.3, -0.25) is 14.9 Å². The second kappa shape index (κ2) is 14.4. The van der Waals surface area contributed by atoms with E-state index < -0.39 is 0 Å². The van der Waals surface area contributed by atoms with Crippen LogP contribution in [0, 0.1) is 20.8 Å². The zero-order valence-electron chi connectivity index (χ0n) is 17.5. The minimum absolute atomic E-state index is 0. The number of benzene rings is 1. The molecule has 2 aromatic heterocycles. The zero-order valence-corrected chi connectivity index (χ0v) is 20.1. The molecule has 0 bridgehead atoms.